The molecule has 1 saturated heterocycles. The van der Waals surface area contributed by atoms with E-state index < -0.39 is 35.2 Å². The fourth-order valence-electron chi connectivity index (χ4n) is 2.80. The SMILES string of the molecule is CC(=O)C1=C(C(=O)OC(C)(C)C)N2C(=O)C(NC(=O)OC(C)(C)C)CN2C1. The molecule has 0 aromatic heterocycles. The number of alkyl carbamates (subject to hydrolysis) is 1. The molecule has 2 heterocycles. The Kier molecular flexibility index (Phi) is 5.38. The van der Waals surface area contributed by atoms with Crippen molar-refractivity contribution in [3.8, 4) is 0 Å². The van der Waals surface area contributed by atoms with Crippen LogP contribution in [0.5, 0.6) is 0 Å². The molecule has 1 fully saturated rings. The molecule has 2 aliphatic rings. The maximum absolute atomic E-state index is 12.8. The summed E-state index contributed by atoms with van der Waals surface area (Å²) in [6.45, 7) is 11.8. The molecule has 1 atom stereocenters. The summed E-state index contributed by atoms with van der Waals surface area (Å²) in [5, 5.41) is 5.19. The van der Waals surface area contributed by atoms with Crippen LogP contribution < -0.4 is 5.32 Å². The molecule has 27 heavy (non-hydrogen) atoms. The van der Waals surface area contributed by atoms with E-state index in [1.165, 1.54) is 6.92 Å². The maximum Gasteiger partial charge on any atom is 0.408 e. The lowest BCUT2D eigenvalue weighted by Gasteiger charge is -2.24. The second-order valence-corrected chi connectivity index (χ2v) is 8.58. The van der Waals surface area contributed by atoms with E-state index in [1.54, 1.807) is 46.6 Å². The highest BCUT2D eigenvalue weighted by Crippen LogP contribution is 2.31. The average Bonchev–Trinajstić information content (AvgIpc) is 2.93. The Bertz CT molecular complexity index is 714. The Balaban J connectivity index is 2.22. The lowest BCUT2D eigenvalue weighted by molar-refractivity contribution is -0.156. The van der Waals surface area contributed by atoms with E-state index in [0.717, 1.165) is 5.01 Å². The molecule has 0 saturated carbocycles. The van der Waals surface area contributed by atoms with Crippen LogP contribution in [0.15, 0.2) is 11.3 Å². The minimum atomic E-state index is -0.884. The number of fused-ring (bicyclic) bond motifs is 1. The predicted molar refractivity (Wildman–Crippen MR) is 95.1 cm³/mol. The van der Waals surface area contributed by atoms with Crippen LogP contribution in [-0.4, -0.2) is 64.1 Å². The van der Waals surface area contributed by atoms with Gasteiger partial charge in [-0.1, -0.05) is 0 Å². The zero-order chi connectivity index (χ0) is 20.7. The molecule has 2 rings (SSSR count). The molecule has 0 aromatic carbocycles. The van der Waals surface area contributed by atoms with E-state index in [4.69, 9.17) is 9.47 Å². The fraction of sp³-hybridized carbons (Fsp3) is 0.667. The summed E-state index contributed by atoms with van der Waals surface area (Å²) in [7, 11) is 0. The van der Waals surface area contributed by atoms with Crippen LogP contribution in [-0.2, 0) is 23.9 Å². The minimum Gasteiger partial charge on any atom is -0.455 e. The molecule has 2 amide bonds. The first-order chi connectivity index (χ1) is 12.2. The number of carbonyl (C=O) groups is 4. The van der Waals surface area contributed by atoms with Gasteiger partial charge < -0.3 is 14.8 Å². The molecular weight excluding hydrogens is 354 g/mol. The summed E-state index contributed by atoms with van der Waals surface area (Å²) in [4.78, 5) is 49.3. The van der Waals surface area contributed by atoms with Crippen LogP contribution in [0.2, 0.25) is 0 Å². The van der Waals surface area contributed by atoms with Crippen molar-refractivity contribution in [2.24, 2.45) is 0 Å². The molecular formula is C18H27N3O6. The van der Waals surface area contributed by atoms with Gasteiger partial charge in [-0.3, -0.25) is 9.59 Å². The first-order valence-electron chi connectivity index (χ1n) is 8.75. The van der Waals surface area contributed by atoms with Crippen LogP contribution in [0.25, 0.3) is 0 Å². The van der Waals surface area contributed by atoms with Crippen LogP contribution in [0.1, 0.15) is 48.5 Å². The molecule has 0 bridgehead atoms. The highest BCUT2D eigenvalue weighted by molar-refractivity contribution is 6.07. The number of nitrogens with one attached hydrogen (secondary N) is 1. The van der Waals surface area contributed by atoms with Gasteiger partial charge in [-0.25, -0.2) is 19.6 Å². The van der Waals surface area contributed by atoms with Crippen LogP contribution in [0.4, 0.5) is 4.79 Å². The molecule has 9 heteroatoms. The van der Waals surface area contributed by atoms with E-state index in [9.17, 15) is 19.2 Å². The Morgan fingerprint density at radius 1 is 1.04 bits per heavy atom. The van der Waals surface area contributed by atoms with Crippen molar-refractivity contribution in [2.75, 3.05) is 13.1 Å². The van der Waals surface area contributed by atoms with Gasteiger partial charge in [0.1, 0.15) is 17.2 Å². The normalized spacial score (nSPS) is 20.6. The van der Waals surface area contributed by atoms with Gasteiger partial charge in [0.25, 0.3) is 5.91 Å². The molecule has 0 aliphatic carbocycles. The maximum atomic E-state index is 12.8. The highest BCUT2D eigenvalue weighted by atomic mass is 16.6. The molecule has 0 aromatic rings. The first kappa shape index (κ1) is 20.9. The van der Waals surface area contributed by atoms with Gasteiger partial charge in [0.2, 0.25) is 0 Å². The topological polar surface area (TPSA) is 105 Å². The van der Waals surface area contributed by atoms with E-state index in [-0.39, 0.29) is 30.1 Å². The van der Waals surface area contributed by atoms with Crippen molar-refractivity contribution in [1.29, 1.82) is 0 Å². The molecule has 1 N–H and O–H groups in total. The van der Waals surface area contributed by atoms with Crippen molar-refractivity contribution in [3.05, 3.63) is 11.3 Å². The first-order valence-corrected chi connectivity index (χ1v) is 8.75. The van der Waals surface area contributed by atoms with Gasteiger partial charge in [0, 0.05) is 18.7 Å². The van der Waals surface area contributed by atoms with Gasteiger partial charge in [0.15, 0.2) is 11.5 Å². The number of Topliss-reactive ketones (excluding diaryl/α,β-unsaturated/α-hetero) is 1. The summed E-state index contributed by atoms with van der Waals surface area (Å²) in [6, 6.07) is -0.884. The van der Waals surface area contributed by atoms with Gasteiger partial charge >= 0.3 is 12.1 Å². The van der Waals surface area contributed by atoms with Gasteiger partial charge in [-0.05, 0) is 48.5 Å². The smallest absolute Gasteiger partial charge is 0.408 e. The molecule has 0 spiro atoms. The molecule has 150 valence electrons. The molecule has 1 unspecified atom stereocenters. The third kappa shape index (κ3) is 4.85. The summed E-state index contributed by atoms with van der Waals surface area (Å²) < 4.78 is 10.5. The Labute approximate surface area is 158 Å². The number of hydrazine groups is 1. The Morgan fingerprint density at radius 3 is 2.07 bits per heavy atom. The van der Waals surface area contributed by atoms with Crippen molar-refractivity contribution < 1.29 is 28.7 Å². The number of hydrogen-bond acceptors (Lipinski definition) is 7. The van der Waals surface area contributed by atoms with Crippen molar-refractivity contribution in [2.45, 2.75) is 65.7 Å². The van der Waals surface area contributed by atoms with Crippen molar-refractivity contribution in [3.63, 3.8) is 0 Å². The van der Waals surface area contributed by atoms with Crippen molar-refractivity contribution in [1.82, 2.24) is 15.3 Å². The quantitative estimate of drug-likeness (QED) is 0.731. The second-order valence-electron chi connectivity index (χ2n) is 8.58. The van der Waals surface area contributed by atoms with E-state index in [1.807, 2.05) is 0 Å². The monoisotopic (exact) mass is 381 g/mol. The fourth-order valence-corrected chi connectivity index (χ4v) is 2.80. The summed E-state index contributed by atoms with van der Waals surface area (Å²) in [6.07, 6.45) is -0.724. The second kappa shape index (κ2) is 6.95. The highest BCUT2D eigenvalue weighted by Gasteiger charge is 2.49. The van der Waals surface area contributed by atoms with E-state index in [2.05, 4.69) is 5.32 Å². The molecule has 9 nitrogen and oxygen atoms in total. The molecule has 2 aliphatic heterocycles. The third-order valence-electron chi connectivity index (χ3n) is 3.73. The Hall–Kier alpha value is -2.42. The average molecular weight is 381 g/mol. The van der Waals surface area contributed by atoms with Crippen LogP contribution in [0.3, 0.4) is 0 Å². The lowest BCUT2D eigenvalue weighted by Crippen LogP contribution is -2.45. The van der Waals surface area contributed by atoms with Gasteiger partial charge in [-0.2, -0.15) is 0 Å². The summed E-state index contributed by atoms with van der Waals surface area (Å²) >= 11 is 0. The number of nitrogens with zero attached hydrogens (tertiary/aromatic N) is 2. The van der Waals surface area contributed by atoms with E-state index in [0.29, 0.717) is 0 Å². The lowest BCUT2D eigenvalue weighted by atomic mass is 10.1. The van der Waals surface area contributed by atoms with E-state index >= 15 is 0 Å². The largest absolute Gasteiger partial charge is 0.455 e. The summed E-state index contributed by atoms with van der Waals surface area (Å²) in [5.74, 6) is -1.57. The zero-order valence-electron chi connectivity index (χ0n) is 16.8. The minimum absolute atomic E-state index is 0.0871. The van der Waals surface area contributed by atoms with Crippen molar-refractivity contribution >= 4 is 23.8 Å². The Morgan fingerprint density at radius 2 is 1.59 bits per heavy atom. The number of ketones is 1. The zero-order valence-corrected chi connectivity index (χ0v) is 16.8. The molecule has 0 radical (unpaired) electrons. The third-order valence-corrected chi connectivity index (χ3v) is 3.73. The number of hydrogen-bond donors (Lipinski definition) is 1. The number of rotatable bonds is 3. The number of carbonyl (C=O) groups excluding carboxylic acids is 4. The summed E-state index contributed by atoms with van der Waals surface area (Å²) in [5.41, 5.74) is -1.36. The van der Waals surface area contributed by atoms with Crippen LogP contribution >= 0.6 is 0 Å². The standard InChI is InChI=1S/C18H27N3O6/c1-10(22)11-8-20-9-12(19-16(25)27-18(5,6)7)14(23)21(20)13(11)15(24)26-17(2,3)4/h12H,8-9H2,1-7H3,(H,19,25). The van der Waals surface area contributed by atoms with Gasteiger partial charge in [-0.15, -0.1) is 0 Å². The predicted octanol–water partition coefficient (Wildman–Crippen LogP) is 1.14. The van der Waals surface area contributed by atoms with Crippen LogP contribution in [0, 0.1) is 0 Å². The number of ether oxygens (including phenoxy) is 2. The number of amides is 2. The van der Waals surface area contributed by atoms with Gasteiger partial charge in [0.05, 0.1) is 0 Å². The number of esters is 1.